The molecule has 3 amide bonds. The molecule has 1 aromatic carbocycles. The molecule has 21 heavy (non-hydrogen) atoms. The van der Waals surface area contributed by atoms with E-state index in [4.69, 9.17) is 10.5 Å². The zero-order chi connectivity index (χ0) is 15.4. The summed E-state index contributed by atoms with van der Waals surface area (Å²) in [6, 6.07) is 5.24. The van der Waals surface area contributed by atoms with Crippen LogP contribution in [0.5, 0.6) is 5.75 Å². The predicted octanol–water partition coefficient (Wildman–Crippen LogP) is 1.25. The normalized spacial score (nSPS) is 17.8. The molecule has 4 N–H and O–H groups in total. The van der Waals surface area contributed by atoms with Gasteiger partial charge in [0, 0.05) is 12.6 Å². The molecule has 2 rings (SSSR count). The lowest BCUT2D eigenvalue weighted by Crippen LogP contribution is -2.45. The molecule has 0 aromatic heterocycles. The number of benzene rings is 1. The molecule has 0 heterocycles. The third-order valence-corrected chi connectivity index (χ3v) is 3.49. The molecule has 2 atom stereocenters. The van der Waals surface area contributed by atoms with Gasteiger partial charge in [-0.1, -0.05) is 6.07 Å². The first-order chi connectivity index (χ1) is 10.0. The number of hydrogen-bond donors (Lipinski definition) is 3. The molecule has 0 spiro atoms. The summed E-state index contributed by atoms with van der Waals surface area (Å²) in [5, 5.41) is 4.72. The predicted molar refractivity (Wildman–Crippen MR) is 79.0 cm³/mol. The Morgan fingerprint density at radius 1 is 1.48 bits per heavy atom. The molecule has 0 saturated heterocycles. The molecule has 0 aliphatic heterocycles. The number of hydrogen-bond acceptors (Lipinski definition) is 4. The van der Waals surface area contributed by atoms with Crippen LogP contribution >= 0.6 is 0 Å². The average molecular weight is 291 g/mol. The summed E-state index contributed by atoms with van der Waals surface area (Å²) in [6.45, 7) is 3.84. The molecule has 1 unspecified atom stereocenters. The van der Waals surface area contributed by atoms with Gasteiger partial charge in [0.05, 0.1) is 0 Å². The van der Waals surface area contributed by atoms with Crippen molar-refractivity contribution in [3.8, 4) is 5.75 Å². The lowest BCUT2D eigenvalue weighted by atomic mass is 10.1. The van der Waals surface area contributed by atoms with Crippen LogP contribution in [0.2, 0.25) is 0 Å². The van der Waals surface area contributed by atoms with Crippen molar-refractivity contribution in [3.05, 3.63) is 29.3 Å². The number of imide groups is 1. The number of carbonyl (C=O) groups is 2. The standard InChI is InChI=1S/C15H21N3O3/c1-3-17-15(20)18-14(19)9(2)21-11-5-6-12-10(8-11)4-7-13(12)16/h5-6,8-9,13H,3-4,7,16H2,1-2H3,(H2,17,18,19,20)/t9?,13-/m0/s1. The second-order valence-corrected chi connectivity index (χ2v) is 5.11. The lowest BCUT2D eigenvalue weighted by Gasteiger charge is -2.15. The summed E-state index contributed by atoms with van der Waals surface area (Å²) in [5.41, 5.74) is 8.28. The highest BCUT2D eigenvalue weighted by molar-refractivity contribution is 5.96. The van der Waals surface area contributed by atoms with Gasteiger partial charge in [0.2, 0.25) is 0 Å². The first kappa shape index (κ1) is 15.3. The Balaban J connectivity index is 1.95. The summed E-state index contributed by atoms with van der Waals surface area (Å²) in [7, 11) is 0. The Morgan fingerprint density at radius 3 is 2.95 bits per heavy atom. The molecular weight excluding hydrogens is 270 g/mol. The van der Waals surface area contributed by atoms with E-state index in [0.717, 1.165) is 24.0 Å². The Labute approximate surface area is 124 Å². The highest BCUT2D eigenvalue weighted by atomic mass is 16.5. The molecule has 0 saturated carbocycles. The summed E-state index contributed by atoms with van der Waals surface area (Å²) >= 11 is 0. The number of rotatable bonds is 4. The SMILES string of the molecule is CCNC(=O)NC(=O)C(C)Oc1ccc2c(c1)CC[C@@H]2N. The third-order valence-electron chi connectivity index (χ3n) is 3.49. The summed E-state index contributed by atoms with van der Waals surface area (Å²) in [4.78, 5) is 23.1. The molecule has 1 aliphatic carbocycles. The zero-order valence-electron chi connectivity index (χ0n) is 12.3. The van der Waals surface area contributed by atoms with Gasteiger partial charge in [-0.15, -0.1) is 0 Å². The van der Waals surface area contributed by atoms with Gasteiger partial charge in [0.1, 0.15) is 5.75 Å². The van der Waals surface area contributed by atoms with Crippen molar-refractivity contribution in [1.82, 2.24) is 10.6 Å². The maximum atomic E-state index is 11.8. The fourth-order valence-electron chi connectivity index (χ4n) is 2.38. The molecule has 1 aromatic rings. The van der Waals surface area contributed by atoms with Crippen molar-refractivity contribution in [1.29, 1.82) is 0 Å². The molecule has 0 bridgehead atoms. The van der Waals surface area contributed by atoms with E-state index in [2.05, 4.69) is 10.6 Å². The summed E-state index contributed by atoms with van der Waals surface area (Å²) < 4.78 is 5.58. The first-order valence-corrected chi connectivity index (χ1v) is 7.15. The fourth-order valence-corrected chi connectivity index (χ4v) is 2.38. The summed E-state index contributed by atoms with van der Waals surface area (Å²) in [5.74, 6) is 0.138. The van der Waals surface area contributed by atoms with Crippen LogP contribution < -0.4 is 21.1 Å². The minimum Gasteiger partial charge on any atom is -0.481 e. The Hall–Kier alpha value is -2.08. The maximum absolute atomic E-state index is 11.8. The minimum atomic E-state index is -0.749. The van der Waals surface area contributed by atoms with E-state index in [0.29, 0.717) is 12.3 Å². The lowest BCUT2D eigenvalue weighted by molar-refractivity contribution is -0.126. The largest absolute Gasteiger partial charge is 0.481 e. The van der Waals surface area contributed by atoms with Gasteiger partial charge in [0.25, 0.3) is 5.91 Å². The van der Waals surface area contributed by atoms with Crippen LogP contribution in [0.25, 0.3) is 0 Å². The van der Waals surface area contributed by atoms with E-state index < -0.39 is 18.0 Å². The van der Waals surface area contributed by atoms with E-state index >= 15 is 0 Å². The number of amides is 3. The monoisotopic (exact) mass is 291 g/mol. The maximum Gasteiger partial charge on any atom is 0.321 e. The van der Waals surface area contributed by atoms with Gasteiger partial charge in [-0.3, -0.25) is 10.1 Å². The van der Waals surface area contributed by atoms with E-state index in [9.17, 15) is 9.59 Å². The van der Waals surface area contributed by atoms with E-state index in [1.54, 1.807) is 19.9 Å². The fraction of sp³-hybridized carbons (Fsp3) is 0.467. The Bertz CT molecular complexity index is 545. The quantitative estimate of drug-likeness (QED) is 0.778. The van der Waals surface area contributed by atoms with Crippen molar-refractivity contribution in [3.63, 3.8) is 0 Å². The number of aryl methyl sites for hydroxylation is 1. The van der Waals surface area contributed by atoms with Crippen LogP contribution in [0.3, 0.4) is 0 Å². The molecule has 0 fully saturated rings. The molecular formula is C15H21N3O3. The van der Waals surface area contributed by atoms with Crippen LogP contribution in [-0.2, 0) is 11.2 Å². The van der Waals surface area contributed by atoms with Crippen LogP contribution in [0.4, 0.5) is 4.79 Å². The highest BCUT2D eigenvalue weighted by Gasteiger charge is 2.21. The van der Waals surface area contributed by atoms with E-state index in [1.807, 2.05) is 12.1 Å². The molecule has 6 nitrogen and oxygen atoms in total. The molecule has 114 valence electrons. The van der Waals surface area contributed by atoms with Gasteiger partial charge >= 0.3 is 6.03 Å². The number of nitrogens with two attached hydrogens (primary N) is 1. The van der Waals surface area contributed by atoms with Crippen molar-refractivity contribution in [2.24, 2.45) is 5.73 Å². The number of urea groups is 1. The van der Waals surface area contributed by atoms with Crippen molar-refractivity contribution < 1.29 is 14.3 Å². The van der Waals surface area contributed by atoms with Crippen LogP contribution in [-0.4, -0.2) is 24.6 Å². The topological polar surface area (TPSA) is 93.5 Å². The van der Waals surface area contributed by atoms with Crippen LogP contribution in [0.15, 0.2) is 18.2 Å². The third kappa shape index (κ3) is 3.72. The number of nitrogens with one attached hydrogen (secondary N) is 2. The Morgan fingerprint density at radius 2 is 2.24 bits per heavy atom. The van der Waals surface area contributed by atoms with Gasteiger partial charge in [-0.2, -0.15) is 0 Å². The Kier molecular flexibility index (Phi) is 4.80. The molecule has 6 heteroatoms. The van der Waals surface area contributed by atoms with Gasteiger partial charge in [-0.05, 0) is 49.9 Å². The van der Waals surface area contributed by atoms with E-state index in [1.165, 1.54) is 0 Å². The van der Waals surface area contributed by atoms with Gasteiger partial charge in [0.15, 0.2) is 6.10 Å². The number of ether oxygens (including phenoxy) is 1. The number of fused-ring (bicyclic) bond motifs is 1. The van der Waals surface area contributed by atoms with Crippen molar-refractivity contribution in [2.45, 2.75) is 38.8 Å². The number of carbonyl (C=O) groups excluding carboxylic acids is 2. The summed E-state index contributed by atoms with van der Waals surface area (Å²) in [6.07, 6.45) is 1.11. The first-order valence-electron chi connectivity index (χ1n) is 7.15. The smallest absolute Gasteiger partial charge is 0.321 e. The van der Waals surface area contributed by atoms with Crippen molar-refractivity contribution in [2.75, 3.05) is 6.54 Å². The second-order valence-electron chi connectivity index (χ2n) is 5.11. The van der Waals surface area contributed by atoms with Gasteiger partial charge in [-0.25, -0.2) is 4.79 Å². The van der Waals surface area contributed by atoms with Gasteiger partial charge < -0.3 is 15.8 Å². The van der Waals surface area contributed by atoms with Crippen LogP contribution in [0, 0.1) is 0 Å². The second kappa shape index (κ2) is 6.58. The average Bonchev–Trinajstić information content (AvgIpc) is 2.80. The zero-order valence-corrected chi connectivity index (χ0v) is 12.3. The highest BCUT2D eigenvalue weighted by Crippen LogP contribution is 2.32. The molecule has 1 aliphatic rings. The molecule has 0 radical (unpaired) electrons. The minimum absolute atomic E-state index is 0.0903. The van der Waals surface area contributed by atoms with Crippen molar-refractivity contribution >= 4 is 11.9 Å². The van der Waals surface area contributed by atoms with Crippen LogP contribution in [0.1, 0.15) is 37.4 Å². The van der Waals surface area contributed by atoms with E-state index in [-0.39, 0.29) is 6.04 Å².